The van der Waals surface area contributed by atoms with Crippen LogP contribution in [0.1, 0.15) is 10.4 Å². The monoisotopic (exact) mass is 397 g/mol. The van der Waals surface area contributed by atoms with E-state index in [-0.39, 0.29) is 5.91 Å². The standard InChI is InChI=1S/C14H13Br2N3O/c15-11-3-1-2-10(8-11)14(20)18-7-6-17-13-5-4-12(16)9-19-13/h1-5,8-9H,6-7H2,(H,17,19)(H,18,20). The molecule has 0 saturated carbocycles. The molecule has 1 heterocycles. The van der Waals surface area contributed by atoms with Crippen LogP contribution < -0.4 is 10.6 Å². The molecule has 0 radical (unpaired) electrons. The minimum atomic E-state index is -0.0862. The number of hydrogen-bond acceptors (Lipinski definition) is 3. The number of nitrogens with one attached hydrogen (secondary N) is 2. The Hall–Kier alpha value is -1.40. The maximum atomic E-state index is 11.9. The Morgan fingerprint density at radius 2 is 1.95 bits per heavy atom. The molecule has 0 atom stereocenters. The number of aromatic nitrogens is 1. The molecule has 0 spiro atoms. The third-order valence-electron chi connectivity index (χ3n) is 2.53. The number of anilines is 1. The molecular weight excluding hydrogens is 386 g/mol. The van der Waals surface area contributed by atoms with E-state index < -0.39 is 0 Å². The zero-order chi connectivity index (χ0) is 14.4. The van der Waals surface area contributed by atoms with E-state index in [2.05, 4.69) is 47.5 Å². The molecule has 6 heteroatoms. The van der Waals surface area contributed by atoms with Crippen LogP contribution in [0.2, 0.25) is 0 Å². The molecule has 0 aliphatic rings. The van der Waals surface area contributed by atoms with Crippen molar-refractivity contribution in [1.82, 2.24) is 10.3 Å². The average molecular weight is 399 g/mol. The fraction of sp³-hybridized carbons (Fsp3) is 0.143. The lowest BCUT2D eigenvalue weighted by Crippen LogP contribution is -2.28. The highest BCUT2D eigenvalue weighted by molar-refractivity contribution is 9.10. The maximum Gasteiger partial charge on any atom is 0.251 e. The number of benzene rings is 1. The molecule has 0 fully saturated rings. The smallest absolute Gasteiger partial charge is 0.251 e. The zero-order valence-electron chi connectivity index (χ0n) is 10.6. The molecule has 104 valence electrons. The first-order valence-corrected chi connectivity index (χ1v) is 7.63. The van der Waals surface area contributed by atoms with Gasteiger partial charge in [0.25, 0.3) is 5.91 Å². The van der Waals surface area contributed by atoms with Crippen LogP contribution in [-0.4, -0.2) is 24.0 Å². The van der Waals surface area contributed by atoms with Crippen molar-refractivity contribution in [3.8, 4) is 0 Å². The second-order valence-electron chi connectivity index (χ2n) is 4.05. The van der Waals surface area contributed by atoms with Gasteiger partial charge >= 0.3 is 0 Å². The number of pyridine rings is 1. The Morgan fingerprint density at radius 1 is 1.10 bits per heavy atom. The molecule has 1 aromatic carbocycles. The summed E-state index contributed by atoms with van der Waals surface area (Å²) < 4.78 is 1.83. The van der Waals surface area contributed by atoms with Crippen LogP contribution in [0.15, 0.2) is 51.5 Å². The first kappa shape index (κ1) is 15.0. The van der Waals surface area contributed by atoms with E-state index in [4.69, 9.17) is 0 Å². The first-order chi connectivity index (χ1) is 9.65. The van der Waals surface area contributed by atoms with Crippen LogP contribution in [0.3, 0.4) is 0 Å². The SMILES string of the molecule is O=C(NCCNc1ccc(Br)cn1)c1cccc(Br)c1. The van der Waals surface area contributed by atoms with Gasteiger partial charge in [-0.3, -0.25) is 4.79 Å². The molecule has 0 bridgehead atoms. The second kappa shape index (κ2) is 7.40. The topological polar surface area (TPSA) is 54.0 Å². The van der Waals surface area contributed by atoms with Gasteiger partial charge in [0.15, 0.2) is 0 Å². The number of carbonyl (C=O) groups excluding carboxylic acids is 1. The fourth-order valence-electron chi connectivity index (χ4n) is 1.58. The summed E-state index contributed by atoms with van der Waals surface area (Å²) >= 11 is 6.67. The predicted octanol–water partition coefficient (Wildman–Crippen LogP) is 3.45. The molecule has 4 nitrogen and oxygen atoms in total. The van der Waals surface area contributed by atoms with Gasteiger partial charge < -0.3 is 10.6 Å². The average Bonchev–Trinajstić information content (AvgIpc) is 2.45. The lowest BCUT2D eigenvalue weighted by Gasteiger charge is -2.07. The molecule has 2 rings (SSSR count). The highest BCUT2D eigenvalue weighted by atomic mass is 79.9. The van der Waals surface area contributed by atoms with Gasteiger partial charge in [0, 0.05) is 33.8 Å². The van der Waals surface area contributed by atoms with Crippen molar-refractivity contribution in [2.24, 2.45) is 0 Å². The van der Waals surface area contributed by atoms with E-state index in [1.54, 1.807) is 18.3 Å². The highest BCUT2D eigenvalue weighted by Crippen LogP contribution is 2.11. The molecule has 20 heavy (non-hydrogen) atoms. The summed E-state index contributed by atoms with van der Waals surface area (Å²) in [6.45, 7) is 1.15. The molecular formula is C14H13Br2N3O. The molecule has 0 aliphatic heterocycles. The molecule has 0 unspecified atom stereocenters. The summed E-state index contributed by atoms with van der Waals surface area (Å²) in [4.78, 5) is 16.1. The van der Waals surface area contributed by atoms with Crippen molar-refractivity contribution in [2.75, 3.05) is 18.4 Å². The van der Waals surface area contributed by atoms with Crippen LogP contribution >= 0.6 is 31.9 Å². The first-order valence-electron chi connectivity index (χ1n) is 6.04. The summed E-state index contributed by atoms with van der Waals surface area (Å²) in [5.41, 5.74) is 0.640. The number of hydrogen-bond donors (Lipinski definition) is 2. The van der Waals surface area contributed by atoms with E-state index in [0.29, 0.717) is 18.7 Å². The number of rotatable bonds is 5. The number of amides is 1. The summed E-state index contributed by atoms with van der Waals surface area (Å²) in [6, 6.07) is 11.1. The second-order valence-corrected chi connectivity index (χ2v) is 5.89. The predicted molar refractivity (Wildman–Crippen MR) is 86.9 cm³/mol. The minimum absolute atomic E-state index is 0.0862. The quantitative estimate of drug-likeness (QED) is 0.758. The number of nitrogens with zero attached hydrogens (tertiary/aromatic N) is 1. The number of carbonyl (C=O) groups is 1. The van der Waals surface area contributed by atoms with Gasteiger partial charge in [-0.2, -0.15) is 0 Å². The lowest BCUT2D eigenvalue weighted by atomic mass is 10.2. The van der Waals surface area contributed by atoms with E-state index in [9.17, 15) is 4.79 Å². The van der Waals surface area contributed by atoms with Crippen molar-refractivity contribution in [3.05, 3.63) is 57.1 Å². The Bertz CT molecular complexity index is 587. The van der Waals surface area contributed by atoms with E-state index in [1.165, 1.54) is 0 Å². The molecule has 2 N–H and O–H groups in total. The van der Waals surface area contributed by atoms with Gasteiger partial charge in [0.2, 0.25) is 0 Å². The Labute approximate surface area is 134 Å². The summed E-state index contributed by atoms with van der Waals surface area (Å²) in [5, 5.41) is 5.98. The molecule has 1 aromatic heterocycles. The van der Waals surface area contributed by atoms with Crippen molar-refractivity contribution in [2.45, 2.75) is 0 Å². The molecule has 1 amide bonds. The van der Waals surface area contributed by atoms with Crippen molar-refractivity contribution >= 4 is 43.6 Å². The third-order valence-corrected chi connectivity index (χ3v) is 3.49. The van der Waals surface area contributed by atoms with Crippen LogP contribution in [0, 0.1) is 0 Å². The minimum Gasteiger partial charge on any atom is -0.368 e. The summed E-state index contributed by atoms with van der Waals surface area (Å²) in [6.07, 6.45) is 1.72. The van der Waals surface area contributed by atoms with Gasteiger partial charge in [0.05, 0.1) is 0 Å². The van der Waals surface area contributed by atoms with E-state index >= 15 is 0 Å². The molecule has 0 aliphatic carbocycles. The Kier molecular flexibility index (Phi) is 5.55. The summed E-state index contributed by atoms with van der Waals surface area (Å²) in [7, 11) is 0. The van der Waals surface area contributed by atoms with Crippen molar-refractivity contribution in [1.29, 1.82) is 0 Å². The summed E-state index contributed by atoms with van der Waals surface area (Å²) in [5.74, 6) is 0.696. The van der Waals surface area contributed by atoms with E-state index in [1.807, 2.05) is 24.3 Å². The van der Waals surface area contributed by atoms with Gasteiger partial charge in [-0.15, -0.1) is 0 Å². The lowest BCUT2D eigenvalue weighted by molar-refractivity contribution is 0.0955. The van der Waals surface area contributed by atoms with Crippen LogP contribution in [0.4, 0.5) is 5.82 Å². The van der Waals surface area contributed by atoms with Crippen molar-refractivity contribution in [3.63, 3.8) is 0 Å². The van der Waals surface area contributed by atoms with Crippen LogP contribution in [-0.2, 0) is 0 Å². The third kappa shape index (κ3) is 4.61. The normalized spacial score (nSPS) is 10.1. The van der Waals surface area contributed by atoms with Crippen LogP contribution in [0.5, 0.6) is 0 Å². The molecule has 0 saturated heterocycles. The molecule has 2 aromatic rings. The zero-order valence-corrected chi connectivity index (χ0v) is 13.7. The Balaban J connectivity index is 1.76. The number of halogens is 2. The van der Waals surface area contributed by atoms with Crippen LogP contribution in [0.25, 0.3) is 0 Å². The fourth-order valence-corrected chi connectivity index (χ4v) is 2.21. The van der Waals surface area contributed by atoms with Gasteiger partial charge in [-0.1, -0.05) is 22.0 Å². The Morgan fingerprint density at radius 3 is 2.65 bits per heavy atom. The van der Waals surface area contributed by atoms with Gasteiger partial charge in [0.1, 0.15) is 5.82 Å². The van der Waals surface area contributed by atoms with Crippen molar-refractivity contribution < 1.29 is 4.79 Å². The van der Waals surface area contributed by atoms with E-state index in [0.717, 1.165) is 14.8 Å². The largest absolute Gasteiger partial charge is 0.368 e. The highest BCUT2D eigenvalue weighted by Gasteiger charge is 2.04. The van der Waals surface area contributed by atoms with Gasteiger partial charge in [-0.05, 0) is 46.3 Å². The van der Waals surface area contributed by atoms with Gasteiger partial charge in [-0.25, -0.2) is 4.98 Å². The maximum absolute atomic E-state index is 11.9.